The predicted molar refractivity (Wildman–Crippen MR) is 54.7 cm³/mol. The van der Waals surface area contributed by atoms with Crippen molar-refractivity contribution in [1.82, 2.24) is 4.57 Å². The fourth-order valence-corrected chi connectivity index (χ4v) is 2.41. The van der Waals surface area contributed by atoms with E-state index in [1.54, 1.807) is 11.6 Å². The van der Waals surface area contributed by atoms with Crippen molar-refractivity contribution < 1.29 is 14.5 Å². The highest BCUT2D eigenvalue weighted by atomic mass is 16.4. The van der Waals surface area contributed by atoms with Crippen molar-refractivity contribution in [2.75, 3.05) is 0 Å². The van der Waals surface area contributed by atoms with Crippen LogP contribution in [0.5, 0.6) is 0 Å². The van der Waals surface area contributed by atoms with Crippen molar-refractivity contribution in [3.8, 4) is 0 Å². The van der Waals surface area contributed by atoms with Crippen LogP contribution in [-0.4, -0.2) is 15.6 Å². The molecular weight excluding hydrogens is 192 g/mol. The molecule has 0 aliphatic heterocycles. The van der Waals surface area contributed by atoms with Gasteiger partial charge in [0, 0.05) is 0 Å². The van der Waals surface area contributed by atoms with Crippen LogP contribution in [0.3, 0.4) is 0 Å². The molecule has 1 aromatic heterocycles. The monoisotopic (exact) mass is 209 g/mol. The summed E-state index contributed by atoms with van der Waals surface area (Å²) in [7, 11) is 1.78. The maximum atomic E-state index is 11.1. The van der Waals surface area contributed by atoms with E-state index < -0.39 is 5.97 Å². The Morgan fingerprint density at radius 2 is 2.13 bits per heavy atom. The van der Waals surface area contributed by atoms with E-state index in [0.29, 0.717) is 11.9 Å². The Morgan fingerprint density at radius 3 is 2.73 bits per heavy atom. The topological polar surface area (TPSA) is 46.1 Å². The zero-order valence-corrected chi connectivity index (χ0v) is 9.02. The van der Waals surface area contributed by atoms with Gasteiger partial charge in [-0.1, -0.05) is 6.42 Å². The molecule has 1 N–H and O–H groups in total. The summed E-state index contributed by atoms with van der Waals surface area (Å²) in [5, 5.41) is 9.12. The molecule has 1 aromatic rings. The van der Waals surface area contributed by atoms with E-state index in [1.807, 2.05) is 17.0 Å². The molecule has 1 aliphatic rings. The summed E-state index contributed by atoms with van der Waals surface area (Å²) in [5.41, 5.74) is 0. The summed E-state index contributed by atoms with van der Waals surface area (Å²) in [6.07, 6.45) is 9.63. The number of hydrogen-bond donors (Lipinski definition) is 1. The molecule has 0 unspecified atom stereocenters. The van der Waals surface area contributed by atoms with Gasteiger partial charge in [0.05, 0.1) is 7.05 Å². The first-order valence-corrected chi connectivity index (χ1v) is 5.50. The number of imidazole rings is 1. The molecule has 0 saturated heterocycles. The molecule has 0 radical (unpaired) electrons. The first kappa shape index (κ1) is 10.2. The standard InChI is InChI=1S/C11H16N2O2/c1-12-7-8-13(10(12)11(14)15)9-5-3-2-4-6-9/h7-9H,2-6H2,1H3/p+1. The SMILES string of the molecule is C[n+]1ccn(C2CCCCC2)c1C(=O)O. The Morgan fingerprint density at radius 1 is 1.47 bits per heavy atom. The van der Waals surface area contributed by atoms with Crippen LogP contribution in [-0.2, 0) is 7.05 Å². The number of hydrogen-bond acceptors (Lipinski definition) is 1. The van der Waals surface area contributed by atoms with Gasteiger partial charge < -0.3 is 5.11 Å². The minimum absolute atomic E-state index is 0.381. The van der Waals surface area contributed by atoms with Gasteiger partial charge in [0.1, 0.15) is 18.4 Å². The lowest BCUT2D eigenvalue weighted by atomic mass is 9.95. The van der Waals surface area contributed by atoms with Crippen molar-refractivity contribution >= 4 is 5.97 Å². The summed E-state index contributed by atoms with van der Waals surface area (Å²) in [6.45, 7) is 0. The minimum Gasteiger partial charge on any atom is -0.472 e. The Kier molecular flexibility index (Phi) is 2.75. The van der Waals surface area contributed by atoms with Crippen LogP contribution in [0.15, 0.2) is 12.4 Å². The van der Waals surface area contributed by atoms with Crippen molar-refractivity contribution in [2.24, 2.45) is 7.05 Å². The molecule has 0 bridgehead atoms. The number of carbonyl (C=O) groups is 1. The number of carboxylic acids is 1. The first-order valence-electron chi connectivity index (χ1n) is 5.50. The Bertz CT molecular complexity index is 365. The van der Waals surface area contributed by atoms with Gasteiger partial charge in [0.2, 0.25) is 0 Å². The maximum Gasteiger partial charge on any atom is 0.419 e. The second-order valence-electron chi connectivity index (χ2n) is 4.24. The molecule has 82 valence electrons. The van der Waals surface area contributed by atoms with E-state index in [9.17, 15) is 4.79 Å². The summed E-state index contributed by atoms with van der Waals surface area (Å²) < 4.78 is 3.60. The largest absolute Gasteiger partial charge is 0.472 e. The van der Waals surface area contributed by atoms with Gasteiger partial charge in [-0.25, -0.2) is 13.9 Å². The highest BCUT2D eigenvalue weighted by Crippen LogP contribution is 2.28. The summed E-state index contributed by atoms with van der Waals surface area (Å²) >= 11 is 0. The highest BCUT2D eigenvalue weighted by molar-refractivity contribution is 5.81. The normalized spacial score (nSPS) is 17.9. The number of aryl methyl sites for hydroxylation is 1. The van der Waals surface area contributed by atoms with E-state index >= 15 is 0 Å². The average Bonchev–Trinajstić information content (AvgIpc) is 2.61. The molecule has 0 aromatic carbocycles. The van der Waals surface area contributed by atoms with Crippen molar-refractivity contribution in [1.29, 1.82) is 0 Å². The minimum atomic E-state index is -0.840. The Balaban J connectivity index is 2.30. The number of rotatable bonds is 2. The Hall–Kier alpha value is -1.32. The average molecular weight is 209 g/mol. The summed E-state index contributed by atoms with van der Waals surface area (Å²) in [6, 6.07) is 0.381. The van der Waals surface area contributed by atoms with Crippen molar-refractivity contribution in [3.05, 3.63) is 18.2 Å². The molecule has 2 rings (SSSR count). The van der Waals surface area contributed by atoms with Gasteiger partial charge in [-0.3, -0.25) is 0 Å². The predicted octanol–water partition coefficient (Wildman–Crippen LogP) is 1.52. The lowest BCUT2D eigenvalue weighted by molar-refractivity contribution is -0.673. The molecular formula is C11H17N2O2+. The van der Waals surface area contributed by atoms with Crippen molar-refractivity contribution in [3.63, 3.8) is 0 Å². The Labute approximate surface area is 89.1 Å². The van der Waals surface area contributed by atoms with Gasteiger partial charge in [0.25, 0.3) is 0 Å². The molecule has 1 fully saturated rings. The highest BCUT2D eigenvalue weighted by Gasteiger charge is 2.29. The van der Waals surface area contributed by atoms with Crippen LogP contribution in [0.4, 0.5) is 0 Å². The van der Waals surface area contributed by atoms with Crippen LogP contribution >= 0.6 is 0 Å². The van der Waals surface area contributed by atoms with Gasteiger partial charge >= 0.3 is 11.8 Å². The summed E-state index contributed by atoms with van der Waals surface area (Å²) in [5.74, 6) is -0.449. The van der Waals surface area contributed by atoms with Crippen LogP contribution in [0.1, 0.15) is 48.8 Å². The molecule has 1 aliphatic carbocycles. The lowest BCUT2D eigenvalue weighted by Crippen LogP contribution is -2.36. The number of aromatic nitrogens is 2. The third-order valence-electron chi connectivity index (χ3n) is 3.19. The molecule has 15 heavy (non-hydrogen) atoms. The van der Waals surface area contributed by atoms with Gasteiger partial charge in [-0.15, -0.1) is 0 Å². The van der Waals surface area contributed by atoms with Gasteiger partial charge in [-0.05, 0) is 25.7 Å². The van der Waals surface area contributed by atoms with Crippen LogP contribution in [0.2, 0.25) is 0 Å². The van der Waals surface area contributed by atoms with Crippen LogP contribution in [0, 0.1) is 0 Å². The third kappa shape index (κ3) is 1.89. The maximum absolute atomic E-state index is 11.1. The lowest BCUT2D eigenvalue weighted by Gasteiger charge is -2.19. The molecule has 0 amide bonds. The van der Waals surface area contributed by atoms with Crippen molar-refractivity contribution in [2.45, 2.75) is 38.1 Å². The smallest absolute Gasteiger partial charge is 0.419 e. The number of aromatic carboxylic acids is 1. The second kappa shape index (κ2) is 4.04. The quantitative estimate of drug-likeness (QED) is 0.750. The zero-order chi connectivity index (χ0) is 10.8. The molecule has 1 saturated carbocycles. The van der Waals surface area contributed by atoms with E-state index in [4.69, 9.17) is 5.11 Å². The molecule has 4 nitrogen and oxygen atoms in total. The molecule has 1 heterocycles. The van der Waals surface area contributed by atoms with E-state index in [1.165, 1.54) is 19.3 Å². The fourth-order valence-electron chi connectivity index (χ4n) is 2.41. The number of carboxylic acid groups (broad SMARTS) is 1. The van der Waals surface area contributed by atoms with E-state index in [0.717, 1.165) is 12.8 Å². The molecule has 4 heteroatoms. The number of nitrogens with zero attached hydrogens (tertiary/aromatic N) is 2. The van der Waals surface area contributed by atoms with E-state index in [-0.39, 0.29) is 0 Å². The fraction of sp³-hybridized carbons (Fsp3) is 0.636. The zero-order valence-electron chi connectivity index (χ0n) is 9.02. The second-order valence-corrected chi connectivity index (χ2v) is 4.24. The molecule has 0 spiro atoms. The van der Waals surface area contributed by atoms with Crippen LogP contribution in [0.25, 0.3) is 0 Å². The third-order valence-corrected chi connectivity index (χ3v) is 3.19. The molecule has 0 atom stereocenters. The van der Waals surface area contributed by atoms with Gasteiger partial charge in [-0.2, -0.15) is 0 Å². The van der Waals surface area contributed by atoms with E-state index in [2.05, 4.69) is 0 Å². The van der Waals surface area contributed by atoms with Gasteiger partial charge in [0.15, 0.2) is 0 Å². The first-order chi connectivity index (χ1) is 7.20. The van der Waals surface area contributed by atoms with Crippen LogP contribution < -0.4 is 4.57 Å². The summed E-state index contributed by atoms with van der Waals surface area (Å²) in [4.78, 5) is 11.1.